The lowest BCUT2D eigenvalue weighted by molar-refractivity contribution is -0.141. The maximum atomic E-state index is 13.3. The largest absolute Gasteiger partial charge is 0.416 e. The molecule has 2 rings (SSSR count). The summed E-state index contributed by atoms with van der Waals surface area (Å²) in [5.74, 6) is -0.616. The summed E-state index contributed by atoms with van der Waals surface area (Å²) in [5, 5.41) is 2.83. The molecule has 0 bridgehead atoms. The number of nitrogens with one attached hydrogen (secondary N) is 1. The third-order valence-corrected chi connectivity index (χ3v) is 6.94. The van der Waals surface area contributed by atoms with Crippen molar-refractivity contribution in [2.24, 2.45) is 0 Å². The van der Waals surface area contributed by atoms with Gasteiger partial charge < -0.3 is 10.2 Å². The van der Waals surface area contributed by atoms with Gasteiger partial charge in [0.1, 0.15) is 6.04 Å². The highest BCUT2D eigenvalue weighted by atomic mass is 32.2. The molecule has 0 aliphatic rings. The van der Waals surface area contributed by atoms with Crippen LogP contribution in [0.2, 0.25) is 0 Å². The van der Waals surface area contributed by atoms with Crippen molar-refractivity contribution in [3.63, 3.8) is 0 Å². The van der Waals surface area contributed by atoms with E-state index in [9.17, 15) is 31.2 Å². The van der Waals surface area contributed by atoms with Crippen LogP contribution < -0.4 is 9.62 Å². The maximum Gasteiger partial charge on any atom is 0.416 e. The summed E-state index contributed by atoms with van der Waals surface area (Å²) in [6.45, 7) is 4.21. The minimum atomic E-state index is -4.62. The van der Waals surface area contributed by atoms with Gasteiger partial charge in [0.2, 0.25) is 21.8 Å². The molecule has 0 heterocycles. The predicted octanol–water partition coefficient (Wildman–Crippen LogP) is 4.59. The number of sulfonamides is 1. The molecule has 204 valence electrons. The molecule has 1 N–H and O–H groups in total. The Kier molecular flexibility index (Phi) is 11.0. The molecule has 0 saturated heterocycles. The summed E-state index contributed by atoms with van der Waals surface area (Å²) >= 11 is 0. The van der Waals surface area contributed by atoms with Gasteiger partial charge in [-0.2, -0.15) is 13.2 Å². The van der Waals surface area contributed by atoms with Gasteiger partial charge in [0, 0.05) is 26.1 Å². The average Bonchev–Trinajstić information content (AvgIpc) is 2.84. The van der Waals surface area contributed by atoms with Gasteiger partial charge in [-0.3, -0.25) is 13.9 Å². The summed E-state index contributed by atoms with van der Waals surface area (Å²) < 4.78 is 65.1. The van der Waals surface area contributed by atoms with Gasteiger partial charge >= 0.3 is 6.18 Å². The van der Waals surface area contributed by atoms with Crippen molar-refractivity contribution in [2.45, 2.75) is 58.3 Å². The molecule has 2 aromatic carbocycles. The fourth-order valence-electron chi connectivity index (χ4n) is 3.91. The monoisotopic (exact) mass is 541 g/mol. The first-order chi connectivity index (χ1) is 17.4. The minimum absolute atomic E-state index is 0.0560. The van der Waals surface area contributed by atoms with E-state index in [1.165, 1.54) is 11.0 Å². The van der Waals surface area contributed by atoms with Crippen LogP contribution in [0.4, 0.5) is 18.9 Å². The SMILES string of the molecule is CCCNC(=O)[C@H](CC)N(Cc1ccccc1)C(=O)CCCN(c1cccc(C(F)(F)F)c1)S(C)(=O)=O. The second-order valence-electron chi connectivity index (χ2n) is 8.71. The Labute approximate surface area is 216 Å². The molecule has 0 saturated carbocycles. The quantitative estimate of drug-likeness (QED) is 0.402. The Morgan fingerprint density at radius 3 is 2.27 bits per heavy atom. The first kappa shape index (κ1) is 30.1. The van der Waals surface area contributed by atoms with Crippen LogP contribution in [0, 0.1) is 0 Å². The topological polar surface area (TPSA) is 86.8 Å². The normalized spacial score (nSPS) is 12.6. The van der Waals surface area contributed by atoms with Crippen molar-refractivity contribution < 1.29 is 31.2 Å². The molecule has 0 fully saturated rings. The second-order valence-corrected chi connectivity index (χ2v) is 10.6. The number of nitrogens with zero attached hydrogens (tertiary/aromatic N) is 2. The van der Waals surface area contributed by atoms with E-state index in [1.54, 1.807) is 6.92 Å². The summed E-state index contributed by atoms with van der Waals surface area (Å²) in [4.78, 5) is 27.6. The van der Waals surface area contributed by atoms with Crippen LogP contribution in [0.25, 0.3) is 0 Å². The van der Waals surface area contributed by atoms with E-state index in [2.05, 4.69) is 5.32 Å². The van der Waals surface area contributed by atoms with Crippen molar-refractivity contribution in [3.05, 3.63) is 65.7 Å². The van der Waals surface area contributed by atoms with Crippen molar-refractivity contribution in [1.82, 2.24) is 10.2 Å². The van der Waals surface area contributed by atoms with Gasteiger partial charge in [0.25, 0.3) is 0 Å². The van der Waals surface area contributed by atoms with E-state index in [0.717, 1.165) is 40.7 Å². The molecule has 0 aliphatic carbocycles. The number of carbonyl (C=O) groups is 2. The van der Waals surface area contributed by atoms with Gasteiger partial charge in [-0.1, -0.05) is 50.2 Å². The lowest BCUT2D eigenvalue weighted by Gasteiger charge is -2.31. The number of alkyl halides is 3. The number of anilines is 1. The number of rotatable bonds is 13. The number of hydrogen-bond donors (Lipinski definition) is 1. The van der Waals surface area contributed by atoms with E-state index < -0.39 is 27.8 Å². The molecule has 0 unspecified atom stereocenters. The van der Waals surface area contributed by atoms with Crippen LogP contribution in [0.3, 0.4) is 0 Å². The van der Waals surface area contributed by atoms with E-state index in [-0.39, 0.29) is 43.4 Å². The van der Waals surface area contributed by atoms with Crippen LogP contribution in [0.5, 0.6) is 0 Å². The highest BCUT2D eigenvalue weighted by Gasteiger charge is 2.32. The minimum Gasteiger partial charge on any atom is -0.354 e. The Morgan fingerprint density at radius 1 is 1.03 bits per heavy atom. The highest BCUT2D eigenvalue weighted by Crippen LogP contribution is 2.32. The zero-order chi connectivity index (χ0) is 27.6. The van der Waals surface area contributed by atoms with E-state index >= 15 is 0 Å². The smallest absolute Gasteiger partial charge is 0.354 e. The molecule has 2 amide bonds. The first-order valence-corrected chi connectivity index (χ1v) is 14.0. The molecular formula is C26H34F3N3O4S. The standard InChI is InChI=1S/C26H34F3N3O4S/c1-4-16-30-25(34)23(5-2)31(19-20-11-7-6-8-12-20)24(33)15-10-17-32(37(3,35)36)22-14-9-13-21(18-22)26(27,28)29/h6-9,11-14,18,23H,4-5,10,15-17,19H2,1-3H3,(H,30,34)/t23-/m0/s1. The zero-order valence-corrected chi connectivity index (χ0v) is 22.1. The van der Waals surface area contributed by atoms with Crippen LogP contribution in [0.1, 0.15) is 50.7 Å². The highest BCUT2D eigenvalue weighted by molar-refractivity contribution is 7.92. The summed E-state index contributed by atoms with van der Waals surface area (Å²) in [6, 6.07) is 12.5. The molecule has 0 aliphatic heterocycles. The Morgan fingerprint density at radius 2 is 1.70 bits per heavy atom. The lowest BCUT2D eigenvalue weighted by Crippen LogP contribution is -2.49. The zero-order valence-electron chi connectivity index (χ0n) is 21.3. The molecule has 0 radical (unpaired) electrons. The lowest BCUT2D eigenvalue weighted by atomic mass is 10.1. The van der Waals surface area contributed by atoms with E-state index in [1.807, 2.05) is 37.3 Å². The number of benzene rings is 2. The average molecular weight is 542 g/mol. The molecule has 7 nitrogen and oxygen atoms in total. The summed E-state index contributed by atoms with van der Waals surface area (Å²) in [7, 11) is -3.91. The summed E-state index contributed by atoms with van der Waals surface area (Å²) in [6.07, 6.45) is -2.63. The van der Waals surface area contributed by atoms with Crippen molar-refractivity contribution in [1.29, 1.82) is 0 Å². The Hall–Kier alpha value is -3.08. The van der Waals surface area contributed by atoms with E-state index in [4.69, 9.17) is 0 Å². The third-order valence-electron chi connectivity index (χ3n) is 5.74. The number of halogens is 3. The number of carbonyl (C=O) groups excluding carboxylic acids is 2. The number of hydrogen-bond acceptors (Lipinski definition) is 4. The fraction of sp³-hybridized carbons (Fsp3) is 0.462. The van der Waals surface area contributed by atoms with Gasteiger partial charge in [0.15, 0.2) is 0 Å². The molecule has 0 aromatic heterocycles. The second kappa shape index (κ2) is 13.5. The Balaban J connectivity index is 2.22. The predicted molar refractivity (Wildman–Crippen MR) is 137 cm³/mol. The van der Waals surface area contributed by atoms with Gasteiger partial charge in [0.05, 0.1) is 17.5 Å². The van der Waals surface area contributed by atoms with Crippen molar-refractivity contribution >= 4 is 27.5 Å². The molecule has 2 aromatic rings. The summed E-state index contributed by atoms with van der Waals surface area (Å²) in [5.41, 5.74) is -0.261. The third kappa shape index (κ3) is 9.07. The fourth-order valence-corrected chi connectivity index (χ4v) is 4.86. The van der Waals surface area contributed by atoms with Crippen LogP contribution in [-0.2, 0) is 32.3 Å². The first-order valence-electron chi connectivity index (χ1n) is 12.1. The van der Waals surface area contributed by atoms with Crippen LogP contribution in [0.15, 0.2) is 54.6 Å². The van der Waals surface area contributed by atoms with Crippen LogP contribution >= 0.6 is 0 Å². The van der Waals surface area contributed by atoms with Gasteiger partial charge in [-0.25, -0.2) is 8.42 Å². The number of amides is 2. The van der Waals surface area contributed by atoms with Crippen LogP contribution in [-0.4, -0.2) is 50.5 Å². The molecule has 1 atom stereocenters. The van der Waals surface area contributed by atoms with E-state index in [0.29, 0.717) is 13.0 Å². The Bertz CT molecular complexity index is 1140. The molecular weight excluding hydrogens is 507 g/mol. The molecule has 11 heteroatoms. The van der Waals surface area contributed by atoms with Crippen molar-refractivity contribution in [2.75, 3.05) is 23.7 Å². The van der Waals surface area contributed by atoms with Crippen molar-refractivity contribution in [3.8, 4) is 0 Å². The van der Waals surface area contributed by atoms with Gasteiger partial charge in [-0.05, 0) is 43.0 Å². The molecule has 37 heavy (non-hydrogen) atoms. The maximum absolute atomic E-state index is 13.3. The molecule has 0 spiro atoms. The van der Waals surface area contributed by atoms with Gasteiger partial charge in [-0.15, -0.1) is 0 Å².